The Morgan fingerprint density at radius 2 is 2.10 bits per heavy atom. The zero-order chi connectivity index (χ0) is 14.7. The molecule has 2 amide bonds. The predicted molar refractivity (Wildman–Crippen MR) is 72.6 cm³/mol. The minimum absolute atomic E-state index is 0.0246. The van der Waals surface area contributed by atoms with Gasteiger partial charge in [-0.25, -0.2) is 4.79 Å². The Labute approximate surface area is 122 Å². The number of aromatic nitrogens is 1. The van der Waals surface area contributed by atoms with E-state index in [-0.39, 0.29) is 18.0 Å². The SMILES string of the molecule is O=C(N1CCOCC1)N1CCC(Oc2cccc(F)n2)C1. The van der Waals surface area contributed by atoms with E-state index in [1.54, 1.807) is 21.9 Å². The molecule has 21 heavy (non-hydrogen) atoms. The van der Waals surface area contributed by atoms with E-state index in [9.17, 15) is 9.18 Å². The van der Waals surface area contributed by atoms with Crippen molar-refractivity contribution in [1.82, 2.24) is 14.8 Å². The molecule has 6 nitrogen and oxygen atoms in total. The lowest BCUT2D eigenvalue weighted by Gasteiger charge is -2.30. The summed E-state index contributed by atoms with van der Waals surface area (Å²) in [6.07, 6.45) is 0.596. The van der Waals surface area contributed by atoms with Crippen molar-refractivity contribution in [3.8, 4) is 5.88 Å². The summed E-state index contributed by atoms with van der Waals surface area (Å²) < 4.78 is 23.9. The number of hydrogen-bond donors (Lipinski definition) is 0. The van der Waals surface area contributed by atoms with Crippen LogP contribution < -0.4 is 4.74 Å². The Bertz CT molecular complexity index is 508. The lowest BCUT2D eigenvalue weighted by molar-refractivity contribution is 0.0443. The van der Waals surface area contributed by atoms with Crippen molar-refractivity contribution in [1.29, 1.82) is 0 Å². The lowest BCUT2D eigenvalue weighted by atomic mass is 10.3. The standard InChI is InChI=1S/C14H18FN3O3/c15-12-2-1-3-13(16-12)21-11-4-5-18(10-11)14(19)17-6-8-20-9-7-17/h1-3,11H,4-10H2. The van der Waals surface area contributed by atoms with Gasteiger partial charge in [0.2, 0.25) is 11.8 Å². The van der Waals surface area contributed by atoms with Gasteiger partial charge in [0.25, 0.3) is 0 Å². The Morgan fingerprint density at radius 1 is 1.29 bits per heavy atom. The quantitative estimate of drug-likeness (QED) is 0.767. The number of hydrogen-bond acceptors (Lipinski definition) is 4. The second kappa shape index (κ2) is 6.26. The van der Waals surface area contributed by atoms with Crippen LogP contribution in [0, 0.1) is 5.95 Å². The Hall–Kier alpha value is -1.89. The second-order valence-corrected chi connectivity index (χ2v) is 5.16. The number of ether oxygens (including phenoxy) is 2. The van der Waals surface area contributed by atoms with Crippen LogP contribution in [-0.2, 0) is 4.74 Å². The van der Waals surface area contributed by atoms with E-state index in [4.69, 9.17) is 9.47 Å². The summed E-state index contributed by atoms with van der Waals surface area (Å²) >= 11 is 0. The van der Waals surface area contributed by atoms with Crippen molar-refractivity contribution in [3.63, 3.8) is 0 Å². The van der Waals surface area contributed by atoms with Crippen molar-refractivity contribution in [3.05, 3.63) is 24.1 Å². The average molecular weight is 295 g/mol. The minimum Gasteiger partial charge on any atom is -0.472 e. The molecule has 2 aliphatic heterocycles. The van der Waals surface area contributed by atoms with Gasteiger partial charge in [-0.15, -0.1) is 0 Å². The molecular formula is C14H18FN3O3. The molecule has 0 spiro atoms. The van der Waals surface area contributed by atoms with E-state index < -0.39 is 5.95 Å². The summed E-state index contributed by atoms with van der Waals surface area (Å²) in [5, 5.41) is 0. The van der Waals surface area contributed by atoms with Crippen LogP contribution in [0.1, 0.15) is 6.42 Å². The molecule has 2 fully saturated rings. The normalized spacial score (nSPS) is 22.4. The summed E-state index contributed by atoms with van der Waals surface area (Å²) in [6, 6.07) is 4.48. The van der Waals surface area contributed by atoms with Gasteiger partial charge >= 0.3 is 6.03 Å². The summed E-state index contributed by atoms with van der Waals surface area (Å²) in [5.74, 6) is -0.299. The number of urea groups is 1. The van der Waals surface area contributed by atoms with Gasteiger partial charge in [0.15, 0.2) is 0 Å². The number of pyridine rings is 1. The second-order valence-electron chi connectivity index (χ2n) is 5.16. The Balaban J connectivity index is 1.54. The maximum atomic E-state index is 13.0. The highest BCUT2D eigenvalue weighted by Gasteiger charge is 2.31. The van der Waals surface area contributed by atoms with Crippen LogP contribution in [0.5, 0.6) is 5.88 Å². The van der Waals surface area contributed by atoms with Crippen molar-refractivity contribution in [2.24, 2.45) is 0 Å². The average Bonchev–Trinajstić information content (AvgIpc) is 2.96. The fourth-order valence-corrected chi connectivity index (χ4v) is 2.58. The van der Waals surface area contributed by atoms with Gasteiger partial charge in [-0.1, -0.05) is 6.07 Å². The molecule has 0 aromatic carbocycles. The third-order valence-electron chi connectivity index (χ3n) is 3.67. The van der Waals surface area contributed by atoms with E-state index in [0.29, 0.717) is 39.4 Å². The molecule has 0 bridgehead atoms. The predicted octanol–water partition coefficient (Wildman–Crippen LogP) is 1.13. The number of morpholine rings is 1. The highest BCUT2D eigenvalue weighted by Crippen LogP contribution is 2.18. The number of rotatable bonds is 2. The number of carbonyl (C=O) groups is 1. The van der Waals surface area contributed by atoms with E-state index in [0.717, 1.165) is 6.42 Å². The van der Waals surface area contributed by atoms with Crippen LogP contribution in [-0.4, -0.2) is 66.3 Å². The van der Waals surface area contributed by atoms with Crippen LogP contribution in [0.4, 0.5) is 9.18 Å². The summed E-state index contributed by atoms with van der Waals surface area (Å²) in [6.45, 7) is 3.60. The summed E-state index contributed by atoms with van der Waals surface area (Å²) in [4.78, 5) is 19.6. The molecule has 3 rings (SSSR count). The molecule has 0 N–H and O–H groups in total. The van der Waals surface area contributed by atoms with Gasteiger partial charge in [-0.3, -0.25) is 0 Å². The maximum Gasteiger partial charge on any atom is 0.320 e. The van der Waals surface area contributed by atoms with Crippen LogP contribution in [0.2, 0.25) is 0 Å². The molecule has 0 radical (unpaired) electrons. The van der Waals surface area contributed by atoms with E-state index >= 15 is 0 Å². The zero-order valence-electron chi connectivity index (χ0n) is 11.7. The first-order valence-electron chi connectivity index (χ1n) is 7.13. The van der Waals surface area contributed by atoms with E-state index in [2.05, 4.69) is 4.98 Å². The first-order valence-corrected chi connectivity index (χ1v) is 7.13. The number of carbonyl (C=O) groups excluding carboxylic acids is 1. The van der Waals surface area contributed by atoms with Gasteiger partial charge in [0.05, 0.1) is 19.8 Å². The third-order valence-corrected chi connectivity index (χ3v) is 3.67. The van der Waals surface area contributed by atoms with Crippen molar-refractivity contribution < 1.29 is 18.7 Å². The molecule has 2 aliphatic rings. The van der Waals surface area contributed by atoms with Gasteiger partial charge in [0.1, 0.15) is 6.10 Å². The fraction of sp³-hybridized carbons (Fsp3) is 0.571. The molecule has 0 aliphatic carbocycles. The molecule has 1 unspecified atom stereocenters. The topological polar surface area (TPSA) is 54.9 Å². The van der Waals surface area contributed by atoms with Crippen molar-refractivity contribution >= 4 is 6.03 Å². The molecule has 3 heterocycles. The van der Waals surface area contributed by atoms with Gasteiger partial charge in [0, 0.05) is 32.1 Å². The van der Waals surface area contributed by atoms with Crippen LogP contribution in [0.25, 0.3) is 0 Å². The van der Waals surface area contributed by atoms with Gasteiger partial charge < -0.3 is 19.3 Å². The number of nitrogens with zero attached hydrogens (tertiary/aromatic N) is 3. The van der Waals surface area contributed by atoms with Gasteiger partial charge in [-0.05, 0) is 6.07 Å². The summed E-state index contributed by atoms with van der Waals surface area (Å²) in [7, 11) is 0. The molecule has 1 aromatic heterocycles. The van der Waals surface area contributed by atoms with Crippen molar-refractivity contribution in [2.45, 2.75) is 12.5 Å². The van der Waals surface area contributed by atoms with Crippen LogP contribution in [0.15, 0.2) is 18.2 Å². The fourth-order valence-electron chi connectivity index (χ4n) is 2.58. The first-order chi connectivity index (χ1) is 10.2. The minimum atomic E-state index is -0.563. The number of likely N-dealkylation sites (tertiary alicyclic amines) is 1. The van der Waals surface area contributed by atoms with Crippen LogP contribution in [0.3, 0.4) is 0 Å². The molecule has 1 atom stereocenters. The maximum absolute atomic E-state index is 13.0. The number of halogens is 1. The smallest absolute Gasteiger partial charge is 0.320 e. The van der Waals surface area contributed by atoms with E-state index in [1.807, 2.05) is 0 Å². The van der Waals surface area contributed by atoms with Gasteiger partial charge in [-0.2, -0.15) is 9.37 Å². The molecular weight excluding hydrogens is 277 g/mol. The molecule has 7 heteroatoms. The summed E-state index contributed by atoms with van der Waals surface area (Å²) in [5.41, 5.74) is 0. The monoisotopic (exact) mass is 295 g/mol. The molecule has 114 valence electrons. The zero-order valence-corrected chi connectivity index (χ0v) is 11.7. The highest BCUT2D eigenvalue weighted by molar-refractivity contribution is 5.74. The molecule has 1 aromatic rings. The van der Waals surface area contributed by atoms with Crippen molar-refractivity contribution in [2.75, 3.05) is 39.4 Å². The first kappa shape index (κ1) is 14.1. The molecule has 2 saturated heterocycles. The van der Waals surface area contributed by atoms with E-state index in [1.165, 1.54) is 6.07 Å². The Kier molecular flexibility index (Phi) is 4.19. The Morgan fingerprint density at radius 3 is 2.86 bits per heavy atom. The molecule has 0 saturated carbocycles. The third kappa shape index (κ3) is 3.41. The van der Waals surface area contributed by atoms with Crippen LogP contribution >= 0.6 is 0 Å². The highest BCUT2D eigenvalue weighted by atomic mass is 19.1. The number of amides is 2. The largest absolute Gasteiger partial charge is 0.472 e. The lowest BCUT2D eigenvalue weighted by Crippen LogP contribution is -2.47.